The topological polar surface area (TPSA) is 57.4 Å². The molecule has 8 bridgehead atoms. The molecule has 0 fully saturated rings. The Bertz CT molecular complexity index is 1410. The van der Waals surface area contributed by atoms with Crippen molar-refractivity contribution in [3.8, 4) is 0 Å². The minimum absolute atomic E-state index is 0.445. The highest BCUT2D eigenvalue weighted by atomic mass is 14.8. The molecular formula is C36H50N4. The summed E-state index contributed by atoms with van der Waals surface area (Å²) in [7, 11) is 0. The van der Waals surface area contributed by atoms with E-state index in [0.29, 0.717) is 23.7 Å². The van der Waals surface area contributed by atoms with Crippen LogP contribution in [0.15, 0.2) is 24.3 Å². The van der Waals surface area contributed by atoms with E-state index in [0.717, 1.165) is 51.4 Å². The molecule has 0 aliphatic carbocycles. The lowest BCUT2D eigenvalue weighted by atomic mass is 9.83. The Kier molecular flexibility index (Phi) is 8.54. The average molecular weight is 539 g/mol. The van der Waals surface area contributed by atoms with Gasteiger partial charge in [0.1, 0.15) is 0 Å². The lowest BCUT2D eigenvalue weighted by Crippen LogP contribution is -2.05. The summed E-state index contributed by atoms with van der Waals surface area (Å²) in [5.41, 5.74) is 15.6. The summed E-state index contributed by atoms with van der Waals surface area (Å²) in [5.74, 6) is 1.78. The number of fused-ring (bicyclic) bond motifs is 8. The third-order valence-electron chi connectivity index (χ3n) is 9.92. The van der Waals surface area contributed by atoms with E-state index in [2.05, 4.69) is 89.6 Å². The minimum atomic E-state index is 0.445. The fourth-order valence-electron chi connectivity index (χ4n) is 7.93. The van der Waals surface area contributed by atoms with Crippen molar-refractivity contribution in [3.63, 3.8) is 0 Å². The van der Waals surface area contributed by atoms with E-state index in [-0.39, 0.29) is 0 Å². The molecule has 2 aliphatic rings. The Labute approximate surface area is 241 Å². The number of H-pyrrole nitrogens is 2. The standard InChI is InChI=1S/C36H50N4/c1-9-21-22(10-2)30-18-32-25(13-5)26(14-6)34(39-32)20-36-28(16-8)27(15-7)35(40-36)19-33-24(12-4)23(11-3)31(38-33)17-29(21)37-30/h17-24,39-40H,9-16H2,1-8H3/t21-,22-,23+,24+. The van der Waals surface area contributed by atoms with Crippen molar-refractivity contribution in [1.82, 2.24) is 19.9 Å². The Morgan fingerprint density at radius 3 is 0.975 bits per heavy atom. The molecule has 3 aromatic heterocycles. The van der Waals surface area contributed by atoms with Gasteiger partial charge in [0.2, 0.25) is 0 Å². The molecule has 4 atom stereocenters. The molecule has 0 saturated heterocycles. The van der Waals surface area contributed by atoms with Gasteiger partial charge in [-0.1, -0.05) is 55.4 Å². The summed E-state index contributed by atoms with van der Waals surface area (Å²) in [5, 5.41) is 0. The Morgan fingerprint density at radius 1 is 0.425 bits per heavy atom. The quantitative estimate of drug-likeness (QED) is 0.300. The number of aromatic amines is 2. The van der Waals surface area contributed by atoms with E-state index in [1.165, 1.54) is 67.1 Å². The van der Waals surface area contributed by atoms with Crippen LogP contribution in [0.4, 0.5) is 0 Å². The number of hydrogen-bond acceptors (Lipinski definition) is 2. The van der Waals surface area contributed by atoms with Crippen LogP contribution in [0, 0.1) is 0 Å². The second kappa shape index (κ2) is 11.9. The number of rotatable bonds is 8. The van der Waals surface area contributed by atoms with Gasteiger partial charge in [0.05, 0.1) is 0 Å². The maximum Gasteiger partial charge on any atom is 0.0465 e. The van der Waals surface area contributed by atoms with Crippen LogP contribution >= 0.6 is 0 Å². The highest BCUT2D eigenvalue weighted by molar-refractivity contribution is 5.79. The van der Waals surface area contributed by atoms with Crippen molar-refractivity contribution in [2.75, 3.05) is 0 Å². The van der Waals surface area contributed by atoms with Crippen molar-refractivity contribution in [3.05, 3.63) is 69.3 Å². The summed E-state index contributed by atoms with van der Waals surface area (Å²) < 4.78 is 0. The Balaban J connectivity index is 1.98. The molecule has 0 amide bonds. The fraction of sp³-hybridized carbons (Fsp3) is 0.556. The van der Waals surface area contributed by atoms with Crippen molar-refractivity contribution in [2.45, 2.75) is 130 Å². The first-order valence-corrected chi connectivity index (χ1v) is 16.2. The summed E-state index contributed by atoms with van der Waals surface area (Å²) in [6, 6.07) is 9.52. The molecule has 2 N–H and O–H groups in total. The van der Waals surface area contributed by atoms with Gasteiger partial charge in [0, 0.05) is 68.5 Å². The molecule has 3 aromatic rings. The summed E-state index contributed by atoms with van der Waals surface area (Å²) in [6.07, 6.45) is 8.46. The van der Waals surface area contributed by atoms with E-state index in [1.807, 2.05) is 0 Å². The van der Waals surface area contributed by atoms with E-state index in [1.54, 1.807) is 0 Å². The predicted octanol–water partition coefficient (Wildman–Crippen LogP) is 9.94. The molecular weight excluding hydrogens is 488 g/mol. The van der Waals surface area contributed by atoms with Crippen molar-refractivity contribution < 1.29 is 0 Å². The second-order valence-electron chi connectivity index (χ2n) is 11.8. The molecule has 5 rings (SSSR count). The van der Waals surface area contributed by atoms with Crippen LogP contribution in [0.5, 0.6) is 0 Å². The Hall–Kier alpha value is -2.88. The van der Waals surface area contributed by atoms with E-state index in [4.69, 9.17) is 9.97 Å². The van der Waals surface area contributed by atoms with Gasteiger partial charge in [0.15, 0.2) is 0 Å². The Morgan fingerprint density at radius 2 is 0.700 bits per heavy atom. The highest BCUT2D eigenvalue weighted by Gasteiger charge is 2.33. The summed E-state index contributed by atoms with van der Waals surface area (Å²) >= 11 is 0. The number of aromatic nitrogens is 4. The van der Waals surface area contributed by atoms with Gasteiger partial charge < -0.3 is 9.97 Å². The SMILES string of the molecule is CCc1c(CC)c2cc3[nH]c(cc4nc(cc5nc(cc1[nH]2)[C@@H](CC)[C@@H]5CC)[C@H](CC)[C@H]4CC)c(CC)c3CC. The van der Waals surface area contributed by atoms with Crippen LogP contribution in [0.2, 0.25) is 0 Å². The predicted molar refractivity (Wildman–Crippen MR) is 171 cm³/mol. The zero-order valence-electron chi connectivity index (χ0n) is 26.2. The number of hydrogen-bond donors (Lipinski definition) is 2. The van der Waals surface area contributed by atoms with Gasteiger partial charge in [-0.05, 0) is 97.9 Å². The number of nitrogens with zero attached hydrogens (tertiary/aromatic N) is 2. The summed E-state index contributed by atoms with van der Waals surface area (Å²) in [6.45, 7) is 18.4. The molecule has 214 valence electrons. The van der Waals surface area contributed by atoms with Crippen LogP contribution in [0.25, 0.3) is 22.1 Å². The first-order valence-electron chi connectivity index (χ1n) is 16.2. The number of nitrogens with one attached hydrogen (secondary N) is 2. The molecule has 40 heavy (non-hydrogen) atoms. The van der Waals surface area contributed by atoms with Gasteiger partial charge in [-0.3, -0.25) is 9.97 Å². The van der Waals surface area contributed by atoms with Gasteiger partial charge >= 0.3 is 0 Å². The van der Waals surface area contributed by atoms with Crippen molar-refractivity contribution in [2.24, 2.45) is 0 Å². The lowest BCUT2D eigenvalue weighted by molar-refractivity contribution is 0.523. The lowest BCUT2D eigenvalue weighted by Gasteiger charge is -2.18. The zero-order valence-corrected chi connectivity index (χ0v) is 26.2. The van der Waals surface area contributed by atoms with E-state index < -0.39 is 0 Å². The van der Waals surface area contributed by atoms with Crippen molar-refractivity contribution in [1.29, 1.82) is 0 Å². The molecule has 0 radical (unpaired) electrons. The summed E-state index contributed by atoms with van der Waals surface area (Å²) in [4.78, 5) is 18.5. The average Bonchev–Trinajstić information content (AvgIpc) is 3.67. The first-order chi connectivity index (χ1) is 19.5. The van der Waals surface area contributed by atoms with Crippen LogP contribution < -0.4 is 0 Å². The minimum Gasteiger partial charge on any atom is -0.355 e. The van der Waals surface area contributed by atoms with Gasteiger partial charge in [0.25, 0.3) is 0 Å². The molecule has 5 heterocycles. The largest absolute Gasteiger partial charge is 0.355 e. The molecule has 4 nitrogen and oxygen atoms in total. The van der Waals surface area contributed by atoms with Crippen LogP contribution in [-0.4, -0.2) is 19.9 Å². The molecule has 0 unspecified atom stereocenters. The highest BCUT2D eigenvalue weighted by Crippen LogP contribution is 2.45. The number of aryl methyl sites for hydroxylation is 4. The first kappa shape index (κ1) is 28.6. The van der Waals surface area contributed by atoms with Crippen LogP contribution in [-0.2, 0) is 25.7 Å². The normalized spacial score (nSPS) is 20.8. The smallest absolute Gasteiger partial charge is 0.0465 e. The molecule has 0 spiro atoms. The van der Waals surface area contributed by atoms with E-state index >= 15 is 0 Å². The maximum atomic E-state index is 5.38. The van der Waals surface area contributed by atoms with Crippen LogP contribution in [0.1, 0.15) is 150 Å². The monoisotopic (exact) mass is 538 g/mol. The third kappa shape index (κ3) is 4.72. The fourth-order valence-corrected chi connectivity index (χ4v) is 7.93. The van der Waals surface area contributed by atoms with Gasteiger partial charge in [-0.15, -0.1) is 0 Å². The molecule has 0 saturated carbocycles. The van der Waals surface area contributed by atoms with Crippen LogP contribution in [0.3, 0.4) is 0 Å². The molecule has 0 aromatic carbocycles. The van der Waals surface area contributed by atoms with Gasteiger partial charge in [-0.2, -0.15) is 0 Å². The molecule has 4 heteroatoms. The third-order valence-corrected chi connectivity index (χ3v) is 9.92. The van der Waals surface area contributed by atoms with Crippen molar-refractivity contribution >= 4 is 22.1 Å². The molecule has 2 aliphatic heterocycles. The zero-order chi connectivity index (χ0) is 28.6. The second-order valence-corrected chi connectivity index (χ2v) is 11.8. The maximum absolute atomic E-state index is 5.38. The van der Waals surface area contributed by atoms with E-state index in [9.17, 15) is 0 Å². The van der Waals surface area contributed by atoms with Gasteiger partial charge in [-0.25, -0.2) is 0 Å².